The number of rotatable bonds is 5. The molecule has 0 fully saturated rings. The van der Waals surface area contributed by atoms with Gasteiger partial charge in [0.2, 0.25) is 0 Å². The van der Waals surface area contributed by atoms with Crippen molar-refractivity contribution < 1.29 is 13.4 Å². The van der Waals surface area contributed by atoms with E-state index in [9.17, 15) is 9.18 Å². The third-order valence-electron chi connectivity index (χ3n) is 0.802. The molecule has 0 saturated carbocycles. The van der Waals surface area contributed by atoms with Gasteiger partial charge in [-0.2, -0.15) is 0 Å². The van der Waals surface area contributed by atoms with Crippen LogP contribution in [-0.2, 0) is 8.98 Å². The second-order valence-electron chi connectivity index (χ2n) is 1.67. The Morgan fingerprint density at radius 2 is 2.40 bits per heavy atom. The highest BCUT2D eigenvalue weighted by Crippen LogP contribution is 2.05. The minimum absolute atomic E-state index is 0.246. The standard InChI is InChI=1S/C6H11FO2S/c1-2-6(8)9-10-5-3-4-7/h2-5H2,1H3. The van der Waals surface area contributed by atoms with Crippen molar-refractivity contribution in [2.24, 2.45) is 0 Å². The lowest BCUT2D eigenvalue weighted by atomic mass is 10.5. The Bertz CT molecular complexity index is 97.7. The normalized spacial score (nSPS) is 9.40. The molecule has 0 aliphatic heterocycles. The maximum Gasteiger partial charge on any atom is 0.317 e. The fourth-order valence-electron chi connectivity index (χ4n) is 0.280. The molecule has 2 nitrogen and oxygen atoms in total. The Morgan fingerprint density at radius 3 is 2.90 bits per heavy atom. The van der Waals surface area contributed by atoms with Crippen molar-refractivity contribution in [3.05, 3.63) is 0 Å². The van der Waals surface area contributed by atoms with Gasteiger partial charge < -0.3 is 4.18 Å². The minimum atomic E-state index is -0.351. The Kier molecular flexibility index (Phi) is 6.69. The number of carbonyl (C=O) groups excluding carboxylic acids is 1. The van der Waals surface area contributed by atoms with E-state index in [0.29, 0.717) is 18.6 Å². The van der Waals surface area contributed by atoms with Crippen LogP contribution in [0.25, 0.3) is 0 Å². The molecule has 0 heterocycles. The first kappa shape index (κ1) is 9.75. The van der Waals surface area contributed by atoms with Crippen LogP contribution in [-0.4, -0.2) is 18.4 Å². The average molecular weight is 166 g/mol. The molecule has 0 spiro atoms. The summed E-state index contributed by atoms with van der Waals surface area (Å²) in [6.07, 6.45) is 0.824. The van der Waals surface area contributed by atoms with Crippen molar-refractivity contribution in [3.63, 3.8) is 0 Å². The number of carbonyl (C=O) groups is 1. The SMILES string of the molecule is CCC(=O)OSCCCF. The van der Waals surface area contributed by atoms with Crippen LogP contribution in [0.1, 0.15) is 19.8 Å². The molecule has 0 radical (unpaired) electrons. The molecule has 0 unspecified atom stereocenters. The molecule has 4 heteroatoms. The van der Waals surface area contributed by atoms with E-state index in [4.69, 9.17) is 0 Å². The van der Waals surface area contributed by atoms with Gasteiger partial charge >= 0.3 is 5.97 Å². The zero-order valence-electron chi connectivity index (χ0n) is 5.93. The van der Waals surface area contributed by atoms with Crippen molar-refractivity contribution in [1.29, 1.82) is 0 Å². The second-order valence-corrected chi connectivity index (χ2v) is 2.48. The zero-order valence-corrected chi connectivity index (χ0v) is 6.75. The fraction of sp³-hybridized carbons (Fsp3) is 0.833. The molecule has 0 aliphatic rings. The molecule has 0 aliphatic carbocycles. The van der Waals surface area contributed by atoms with Gasteiger partial charge in [0.25, 0.3) is 0 Å². The summed E-state index contributed by atoms with van der Waals surface area (Å²) in [7, 11) is 0. The maximum atomic E-state index is 11.4. The van der Waals surface area contributed by atoms with Gasteiger partial charge in [0.15, 0.2) is 0 Å². The molecule has 0 aromatic rings. The topological polar surface area (TPSA) is 26.3 Å². The van der Waals surface area contributed by atoms with Crippen LogP contribution in [0.3, 0.4) is 0 Å². The van der Waals surface area contributed by atoms with Crippen LogP contribution in [0.4, 0.5) is 4.39 Å². The number of halogens is 1. The predicted octanol–water partition coefficient (Wildman–Crippen LogP) is 1.95. The lowest BCUT2D eigenvalue weighted by molar-refractivity contribution is -0.132. The van der Waals surface area contributed by atoms with Crippen LogP contribution in [0.2, 0.25) is 0 Å². The summed E-state index contributed by atoms with van der Waals surface area (Å²) in [4.78, 5) is 10.4. The molecule has 0 amide bonds. The van der Waals surface area contributed by atoms with Crippen molar-refractivity contribution in [1.82, 2.24) is 0 Å². The van der Waals surface area contributed by atoms with Crippen LogP contribution < -0.4 is 0 Å². The molecule has 10 heavy (non-hydrogen) atoms. The number of hydrogen-bond donors (Lipinski definition) is 0. The van der Waals surface area contributed by atoms with Crippen LogP contribution in [0.15, 0.2) is 0 Å². The summed E-state index contributed by atoms with van der Waals surface area (Å²) in [5, 5.41) is 0. The highest BCUT2D eigenvalue weighted by atomic mass is 32.2. The zero-order chi connectivity index (χ0) is 7.82. The van der Waals surface area contributed by atoms with Gasteiger partial charge in [0.05, 0.1) is 18.7 Å². The molecule has 0 bridgehead atoms. The summed E-state index contributed by atoms with van der Waals surface area (Å²) in [5.74, 6) is 0.297. The molecule has 0 saturated heterocycles. The maximum absolute atomic E-state index is 11.4. The van der Waals surface area contributed by atoms with E-state index in [2.05, 4.69) is 4.18 Å². The third kappa shape index (κ3) is 5.88. The molecule has 0 aromatic carbocycles. The van der Waals surface area contributed by atoms with E-state index in [1.807, 2.05) is 0 Å². The number of alkyl halides is 1. The van der Waals surface area contributed by atoms with Crippen LogP contribution in [0, 0.1) is 0 Å². The van der Waals surface area contributed by atoms with Crippen LogP contribution in [0.5, 0.6) is 0 Å². The Balaban J connectivity index is 2.96. The van der Waals surface area contributed by atoms with Gasteiger partial charge in [0, 0.05) is 12.2 Å². The molecule has 0 rings (SSSR count). The highest BCUT2D eigenvalue weighted by Gasteiger charge is 1.97. The first-order valence-corrected chi connectivity index (χ1v) is 4.10. The van der Waals surface area contributed by atoms with E-state index in [1.54, 1.807) is 6.92 Å². The first-order valence-electron chi connectivity index (χ1n) is 3.19. The quantitative estimate of drug-likeness (QED) is 0.461. The molecule has 0 aromatic heterocycles. The second kappa shape index (κ2) is 6.86. The van der Waals surface area contributed by atoms with Crippen molar-refractivity contribution in [2.45, 2.75) is 19.8 Å². The fourth-order valence-corrected chi connectivity index (χ4v) is 0.839. The molecule has 60 valence electrons. The largest absolute Gasteiger partial charge is 0.391 e. The van der Waals surface area contributed by atoms with E-state index in [1.165, 1.54) is 0 Å². The van der Waals surface area contributed by atoms with E-state index < -0.39 is 0 Å². The van der Waals surface area contributed by atoms with Gasteiger partial charge in [-0.3, -0.25) is 9.18 Å². The summed E-state index contributed by atoms with van der Waals surface area (Å²) >= 11 is 1.02. The first-order chi connectivity index (χ1) is 4.81. The summed E-state index contributed by atoms with van der Waals surface area (Å²) in [6, 6.07) is 0. The van der Waals surface area contributed by atoms with E-state index >= 15 is 0 Å². The van der Waals surface area contributed by atoms with Gasteiger partial charge in [-0.1, -0.05) is 6.92 Å². The Labute approximate surface area is 64.3 Å². The Hall–Kier alpha value is -0.250. The number of hydrogen-bond acceptors (Lipinski definition) is 3. The Morgan fingerprint density at radius 1 is 1.70 bits per heavy atom. The highest BCUT2D eigenvalue weighted by molar-refractivity contribution is 7.95. The lowest BCUT2D eigenvalue weighted by Gasteiger charge is -1.97. The summed E-state index contributed by atoms with van der Waals surface area (Å²) in [5.41, 5.74) is 0. The van der Waals surface area contributed by atoms with Crippen molar-refractivity contribution in [3.8, 4) is 0 Å². The van der Waals surface area contributed by atoms with Gasteiger partial charge in [-0.15, -0.1) is 0 Å². The van der Waals surface area contributed by atoms with Gasteiger partial charge in [-0.25, -0.2) is 0 Å². The average Bonchev–Trinajstić information content (AvgIpc) is 1.98. The smallest absolute Gasteiger partial charge is 0.317 e. The predicted molar refractivity (Wildman–Crippen MR) is 39.4 cm³/mol. The summed E-state index contributed by atoms with van der Waals surface area (Å²) in [6.45, 7) is 1.37. The van der Waals surface area contributed by atoms with Crippen LogP contribution >= 0.6 is 12.0 Å². The monoisotopic (exact) mass is 166 g/mol. The lowest BCUT2D eigenvalue weighted by Crippen LogP contribution is -1.96. The van der Waals surface area contributed by atoms with E-state index in [-0.39, 0.29) is 12.6 Å². The van der Waals surface area contributed by atoms with E-state index in [0.717, 1.165) is 12.0 Å². The third-order valence-corrected chi connectivity index (χ3v) is 1.56. The van der Waals surface area contributed by atoms with Gasteiger partial charge in [0.1, 0.15) is 0 Å². The van der Waals surface area contributed by atoms with Crippen molar-refractivity contribution >= 4 is 18.0 Å². The molecule has 0 atom stereocenters. The molecular formula is C6H11FO2S. The summed E-state index contributed by atoms with van der Waals surface area (Å²) < 4.78 is 16.0. The van der Waals surface area contributed by atoms with Gasteiger partial charge in [-0.05, 0) is 6.42 Å². The minimum Gasteiger partial charge on any atom is -0.391 e. The van der Waals surface area contributed by atoms with Crippen molar-refractivity contribution in [2.75, 3.05) is 12.4 Å². The molecular weight excluding hydrogens is 155 g/mol. The molecule has 0 N–H and O–H groups in total.